The number of H-pyrrole nitrogens is 1. The molecule has 2 N–H and O–H groups in total. The van der Waals surface area contributed by atoms with E-state index in [9.17, 15) is 4.79 Å². The maximum Gasteiger partial charge on any atom is 0.272 e. The summed E-state index contributed by atoms with van der Waals surface area (Å²) in [5, 5.41) is 15.0. The highest BCUT2D eigenvalue weighted by atomic mass is 35.5. The Morgan fingerprint density at radius 3 is 2.92 bits per heavy atom. The van der Waals surface area contributed by atoms with Crippen LogP contribution in [0.15, 0.2) is 59.9 Å². The maximum atomic E-state index is 11.8. The van der Waals surface area contributed by atoms with Crippen molar-refractivity contribution in [1.82, 2.24) is 25.0 Å². The molecule has 0 fully saturated rings. The minimum atomic E-state index is -0.258. The highest BCUT2D eigenvalue weighted by molar-refractivity contribution is 6.34. The fourth-order valence-electron chi connectivity index (χ4n) is 2.60. The molecule has 0 bridgehead atoms. The van der Waals surface area contributed by atoms with E-state index in [1.165, 1.54) is 6.33 Å². The highest BCUT2D eigenvalue weighted by Crippen LogP contribution is 2.22. The number of aromatic nitrogens is 5. The molecule has 0 saturated carbocycles. The van der Waals surface area contributed by atoms with E-state index < -0.39 is 0 Å². The molecule has 2 aromatic heterocycles. The smallest absolute Gasteiger partial charge is 0.272 e. The molecular formula is C17H13ClN6O. The first kappa shape index (κ1) is 15.3. The lowest BCUT2D eigenvalue weighted by atomic mass is 10.1. The first-order valence-corrected chi connectivity index (χ1v) is 7.94. The molecule has 4 rings (SSSR count). The van der Waals surface area contributed by atoms with Gasteiger partial charge in [-0.25, -0.2) is 14.8 Å². The number of anilines is 1. The SMILES string of the molecule is O=c1[nH]nc(Cl)c2cc(NCc3cccc(-n4cncn4)c3)ccc12. The van der Waals surface area contributed by atoms with E-state index in [-0.39, 0.29) is 10.7 Å². The Labute approximate surface area is 147 Å². The number of nitrogens with one attached hydrogen (secondary N) is 2. The predicted molar refractivity (Wildman–Crippen MR) is 96.1 cm³/mol. The number of halogens is 1. The van der Waals surface area contributed by atoms with Crippen molar-refractivity contribution in [3.05, 3.63) is 76.2 Å². The van der Waals surface area contributed by atoms with Gasteiger partial charge in [0.1, 0.15) is 12.7 Å². The van der Waals surface area contributed by atoms with Gasteiger partial charge in [0.25, 0.3) is 5.56 Å². The van der Waals surface area contributed by atoms with Gasteiger partial charge >= 0.3 is 0 Å². The van der Waals surface area contributed by atoms with Crippen molar-refractivity contribution in [2.24, 2.45) is 0 Å². The van der Waals surface area contributed by atoms with Crippen molar-refractivity contribution in [3.63, 3.8) is 0 Å². The average molecular weight is 353 g/mol. The summed E-state index contributed by atoms with van der Waals surface area (Å²) < 4.78 is 1.71. The van der Waals surface area contributed by atoms with Crippen molar-refractivity contribution in [2.45, 2.75) is 6.54 Å². The summed E-state index contributed by atoms with van der Waals surface area (Å²) in [4.78, 5) is 15.7. The molecule has 0 radical (unpaired) electrons. The molecule has 4 aromatic rings. The van der Waals surface area contributed by atoms with Crippen molar-refractivity contribution in [2.75, 3.05) is 5.32 Å². The fourth-order valence-corrected chi connectivity index (χ4v) is 2.80. The molecule has 7 nitrogen and oxygen atoms in total. The van der Waals surface area contributed by atoms with E-state index >= 15 is 0 Å². The molecular weight excluding hydrogens is 340 g/mol. The lowest BCUT2D eigenvalue weighted by Crippen LogP contribution is -2.08. The Morgan fingerprint density at radius 2 is 2.08 bits per heavy atom. The number of hydrogen-bond donors (Lipinski definition) is 2. The number of fused-ring (bicyclic) bond motifs is 1. The summed E-state index contributed by atoms with van der Waals surface area (Å²) in [6.07, 6.45) is 3.15. The molecule has 0 unspecified atom stereocenters. The molecule has 25 heavy (non-hydrogen) atoms. The van der Waals surface area contributed by atoms with Crippen molar-refractivity contribution in [3.8, 4) is 5.69 Å². The Hall–Kier alpha value is -3.19. The summed E-state index contributed by atoms with van der Waals surface area (Å²) in [6, 6.07) is 13.4. The first-order chi connectivity index (χ1) is 12.2. The van der Waals surface area contributed by atoms with Gasteiger partial charge in [0, 0.05) is 17.6 Å². The normalized spacial score (nSPS) is 10.9. The van der Waals surface area contributed by atoms with Crippen LogP contribution in [0, 0.1) is 0 Å². The second kappa shape index (κ2) is 6.37. The van der Waals surface area contributed by atoms with Crippen LogP contribution in [0.1, 0.15) is 5.56 Å². The molecule has 0 aliphatic rings. The van der Waals surface area contributed by atoms with Crippen LogP contribution in [-0.2, 0) is 6.54 Å². The van der Waals surface area contributed by atoms with E-state index in [1.807, 2.05) is 36.4 Å². The number of benzene rings is 2. The summed E-state index contributed by atoms with van der Waals surface area (Å²) >= 11 is 6.07. The van der Waals surface area contributed by atoms with E-state index in [0.717, 1.165) is 16.9 Å². The Balaban J connectivity index is 1.57. The van der Waals surface area contributed by atoms with Crippen LogP contribution in [0.5, 0.6) is 0 Å². The minimum absolute atomic E-state index is 0.258. The second-order valence-corrected chi connectivity index (χ2v) is 5.83. The van der Waals surface area contributed by atoms with Gasteiger partial charge in [-0.1, -0.05) is 23.7 Å². The van der Waals surface area contributed by atoms with Crippen molar-refractivity contribution < 1.29 is 0 Å². The maximum absolute atomic E-state index is 11.8. The largest absolute Gasteiger partial charge is 0.381 e. The molecule has 124 valence electrons. The Morgan fingerprint density at radius 1 is 1.16 bits per heavy atom. The predicted octanol–water partition coefficient (Wildman–Crippen LogP) is 2.77. The second-order valence-electron chi connectivity index (χ2n) is 5.47. The molecule has 0 atom stereocenters. The van der Waals surface area contributed by atoms with Crippen LogP contribution in [0.25, 0.3) is 16.5 Å². The average Bonchev–Trinajstić information content (AvgIpc) is 3.18. The quantitative estimate of drug-likeness (QED) is 0.589. The van der Waals surface area contributed by atoms with Gasteiger partial charge in [0.05, 0.1) is 11.1 Å². The number of hydrogen-bond acceptors (Lipinski definition) is 5. The zero-order chi connectivity index (χ0) is 17.2. The third-order valence-electron chi connectivity index (χ3n) is 3.83. The van der Waals surface area contributed by atoms with Crippen LogP contribution in [0.3, 0.4) is 0 Å². The Bertz CT molecular complexity index is 1090. The fraction of sp³-hybridized carbons (Fsp3) is 0.0588. The monoisotopic (exact) mass is 352 g/mol. The van der Waals surface area contributed by atoms with Gasteiger partial charge < -0.3 is 5.32 Å². The molecule has 2 aromatic carbocycles. The molecule has 8 heteroatoms. The van der Waals surface area contributed by atoms with E-state index in [2.05, 4.69) is 25.6 Å². The van der Waals surface area contributed by atoms with Gasteiger partial charge in [0.15, 0.2) is 5.15 Å². The molecule has 2 heterocycles. The van der Waals surface area contributed by atoms with E-state index in [4.69, 9.17) is 11.6 Å². The molecule has 0 amide bonds. The van der Waals surface area contributed by atoms with Crippen LogP contribution >= 0.6 is 11.6 Å². The minimum Gasteiger partial charge on any atom is -0.381 e. The molecule has 0 spiro atoms. The van der Waals surface area contributed by atoms with Gasteiger partial charge in [-0.05, 0) is 35.9 Å². The first-order valence-electron chi connectivity index (χ1n) is 7.56. The lowest BCUT2D eigenvalue weighted by molar-refractivity contribution is 0.876. The lowest BCUT2D eigenvalue weighted by Gasteiger charge is -2.09. The number of aromatic amines is 1. The van der Waals surface area contributed by atoms with Crippen molar-refractivity contribution in [1.29, 1.82) is 0 Å². The van der Waals surface area contributed by atoms with Gasteiger partial charge in [-0.3, -0.25) is 4.79 Å². The number of rotatable bonds is 4. The van der Waals surface area contributed by atoms with Crippen LogP contribution in [0.2, 0.25) is 5.15 Å². The van der Waals surface area contributed by atoms with Gasteiger partial charge in [-0.2, -0.15) is 10.2 Å². The highest BCUT2D eigenvalue weighted by Gasteiger charge is 2.06. The number of nitrogens with zero attached hydrogens (tertiary/aromatic N) is 4. The summed E-state index contributed by atoms with van der Waals surface area (Å²) in [5.74, 6) is 0. The van der Waals surface area contributed by atoms with Crippen molar-refractivity contribution >= 4 is 28.1 Å². The van der Waals surface area contributed by atoms with Crippen LogP contribution < -0.4 is 10.9 Å². The summed E-state index contributed by atoms with van der Waals surface area (Å²) in [6.45, 7) is 0.613. The zero-order valence-corrected chi connectivity index (χ0v) is 13.7. The third kappa shape index (κ3) is 3.09. The van der Waals surface area contributed by atoms with Crippen LogP contribution in [-0.4, -0.2) is 25.0 Å². The van der Waals surface area contributed by atoms with E-state index in [0.29, 0.717) is 17.3 Å². The molecule has 0 aliphatic heterocycles. The van der Waals surface area contributed by atoms with Gasteiger partial charge in [0.2, 0.25) is 0 Å². The zero-order valence-electron chi connectivity index (χ0n) is 13.0. The van der Waals surface area contributed by atoms with Gasteiger partial charge in [-0.15, -0.1) is 0 Å². The topological polar surface area (TPSA) is 88.5 Å². The summed E-state index contributed by atoms with van der Waals surface area (Å²) in [7, 11) is 0. The molecule has 0 saturated heterocycles. The Kier molecular flexibility index (Phi) is 3.91. The molecule has 0 aliphatic carbocycles. The van der Waals surface area contributed by atoms with E-state index in [1.54, 1.807) is 17.1 Å². The summed E-state index contributed by atoms with van der Waals surface area (Å²) in [5.41, 5.74) is 2.62. The standard InChI is InChI=1S/C17H13ClN6O/c18-16-15-7-12(4-5-14(15)17(25)23-22-16)20-8-11-2-1-3-13(6-11)24-10-19-9-21-24/h1-7,9-10,20H,8H2,(H,23,25). The van der Waals surface area contributed by atoms with Crippen LogP contribution in [0.4, 0.5) is 5.69 Å². The third-order valence-corrected chi connectivity index (χ3v) is 4.12.